The van der Waals surface area contributed by atoms with Crippen LogP contribution in [-0.2, 0) is 0 Å². The topological polar surface area (TPSA) is 25.8 Å². The molecule has 0 bridgehead atoms. The predicted octanol–water partition coefficient (Wildman–Crippen LogP) is 2.33. The molecule has 2 aromatic heterocycles. The zero-order valence-corrected chi connectivity index (χ0v) is 8.03. The van der Waals surface area contributed by atoms with Gasteiger partial charge in [-0.2, -0.15) is 0 Å². The van der Waals surface area contributed by atoms with Gasteiger partial charge in [-0.05, 0) is 0 Å². The Hall–Kier alpha value is 0.220. The summed E-state index contributed by atoms with van der Waals surface area (Å²) in [5, 5.41) is 0. The second-order valence-electron chi connectivity index (χ2n) is 1.60. The Labute approximate surface area is 76.1 Å². The summed E-state index contributed by atoms with van der Waals surface area (Å²) in [6, 6.07) is 0. The van der Waals surface area contributed by atoms with E-state index in [9.17, 15) is 0 Å². The van der Waals surface area contributed by atoms with E-state index >= 15 is 0 Å². The Bertz CT molecular complexity index is 299. The van der Waals surface area contributed by atoms with Crippen molar-refractivity contribution < 1.29 is 0 Å². The Kier molecular flexibility index (Phi) is 1.63. The van der Waals surface area contributed by atoms with Crippen molar-refractivity contribution in [2.45, 2.75) is 8.68 Å². The maximum absolute atomic E-state index is 4.12. The Morgan fingerprint density at radius 3 is 1.70 bits per heavy atom. The highest BCUT2D eigenvalue weighted by atomic mass is 32.2. The summed E-state index contributed by atoms with van der Waals surface area (Å²) in [4.78, 5) is 10.1. The van der Waals surface area contributed by atoms with Crippen LogP contribution in [0.25, 0.3) is 9.66 Å². The smallest absolute Gasteiger partial charge is 0.156 e. The standard InChI is InChI=1S/C4H2N2S4/c7-3-5-1-2(10-3)6-4(8)9-1/h(H,5,7)(H,6,8). The number of aromatic nitrogens is 2. The van der Waals surface area contributed by atoms with Crippen LogP contribution >= 0.6 is 47.9 Å². The predicted molar refractivity (Wildman–Crippen MR) is 49.8 cm³/mol. The van der Waals surface area contributed by atoms with Crippen molar-refractivity contribution in [2.75, 3.05) is 0 Å². The third-order valence-corrected chi connectivity index (χ3v) is 3.33. The van der Waals surface area contributed by atoms with Gasteiger partial charge in [-0.1, -0.05) is 22.7 Å². The molecule has 0 fully saturated rings. The van der Waals surface area contributed by atoms with Crippen LogP contribution in [0.5, 0.6) is 0 Å². The molecule has 2 rings (SSSR count). The van der Waals surface area contributed by atoms with Crippen molar-refractivity contribution in [2.24, 2.45) is 0 Å². The molecule has 0 amide bonds. The zero-order chi connectivity index (χ0) is 7.14. The fraction of sp³-hybridized carbons (Fsp3) is 0. The number of hydrogen-bond donors (Lipinski definition) is 2. The highest BCUT2D eigenvalue weighted by Gasteiger charge is 2.04. The van der Waals surface area contributed by atoms with Crippen molar-refractivity contribution in [3.63, 3.8) is 0 Å². The van der Waals surface area contributed by atoms with E-state index in [-0.39, 0.29) is 0 Å². The summed E-state index contributed by atoms with van der Waals surface area (Å²) >= 11 is 11.1. The summed E-state index contributed by atoms with van der Waals surface area (Å²) in [6.07, 6.45) is 0. The first-order valence-corrected chi connectivity index (χ1v) is 4.94. The van der Waals surface area contributed by atoms with Gasteiger partial charge in [-0.25, -0.2) is 9.97 Å². The van der Waals surface area contributed by atoms with Crippen LogP contribution in [0.3, 0.4) is 0 Å². The van der Waals surface area contributed by atoms with E-state index in [1.807, 2.05) is 0 Å². The number of hydrogen-bond acceptors (Lipinski definition) is 6. The van der Waals surface area contributed by atoms with Gasteiger partial charge in [-0.3, -0.25) is 0 Å². The second-order valence-corrected chi connectivity index (χ2v) is 5.01. The number of thiol groups is 2. The van der Waals surface area contributed by atoms with Gasteiger partial charge in [0.2, 0.25) is 0 Å². The van der Waals surface area contributed by atoms with Crippen molar-refractivity contribution >= 4 is 57.6 Å². The van der Waals surface area contributed by atoms with Crippen LogP contribution in [0, 0.1) is 0 Å². The molecule has 0 aliphatic rings. The van der Waals surface area contributed by atoms with Crippen molar-refractivity contribution in [3.05, 3.63) is 0 Å². The van der Waals surface area contributed by atoms with Gasteiger partial charge in [-0.15, -0.1) is 25.3 Å². The lowest BCUT2D eigenvalue weighted by atomic mass is 10.9. The Balaban J connectivity index is 2.83. The van der Waals surface area contributed by atoms with E-state index < -0.39 is 0 Å². The summed E-state index contributed by atoms with van der Waals surface area (Å²) in [7, 11) is 0. The molecule has 0 aliphatic carbocycles. The summed E-state index contributed by atoms with van der Waals surface area (Å²) in [5.41, 5.74) is 0. The molecule has 10 heavy (non-hydrogen) atoms. The van der Waals surface area contributed by atoms with Gasteiger partial charge < -0.3 is 0 Å². The molecule has 2 aromatic rings. The summed E-state index contributed by atoms with van der Waals surface area (Å²) < 4.78 is 1.53. The fourth-order valence-electron chi connectivity index (χ4n) is 0.621. The van der Waals surface area contributed by atoms with Crippen LogP contribution in [0.15, 0.2) is 8.68 Å². The first kappa shape index (κ1) is 6.90. The molecular weight excluding hydrogens is 204 g/mol. The average molecular weight is 206 g/mol. The number of rotatable bonds is 0. The van der Waals surface area contributed by atoms with E-state index in [1.165, 1.54) is 22.7 Å². The molecule has 0 atom stereocenters. The average Bonchev–Trinajstić information content (AvgIpc) is 2.21. The molecule has 0 aromatic carbocycles. The third-order valence-electron chi connectivity index (χ3n) is 0.953. The SMILES string of the molecule is Sc1nc2sc(S)nc2s1. The third kappa shape index (κ3) is 1.05. The van der Waals surface area contributed by atoms with Crippen LogP contribution in [-0.4, -0.2) is 9.97 Å². The molecule has 0 radical (unpaired) electrons. The van der Waals surface area contributed by atoms with E-state index in [0.717, 1.165) is 18.3 Å². The number of fused-ring (bicyclic) bond motifs is 1. The second kappa shape index (κ2) is 2.37. The highest BCUT2D eigenvalue weighted by molar-refractivity contribution is 7.83. The van der Waals surface area contributed by atoms with Gasteiger partial charge in [0.25, 0.3) is 0 Å². The molecule has 52 valence electrons. The van der Waals surface area contributed by atoms with Gasteiger partial charge in [0.15, 0.2) is 18.3 Å². The van der Waals surface area contributed by atoms with E-state index in [2.05, 4.69) is 35.2 Å². The van der Waals surface area contributed by atoms with Crippen molar-refractivity contribution in [1.29, 1.82) is 0 Å². The van der Waals surface area contributed by atoms with Gasteiger partial charge in [0, 0.05) is 0 Å². The highest BCUT2D eigenvalue weighted by Crippen LogP contribution is 2.29. The van der Waals surface area contributed by atoms with Crippen LogP contribution in [0.2, 0.25) is 0 Å². The maximum atomic E-state index is 4.12. The quantitative estimate of drug-likeness (QED) is 0.647. The largest absolute Gasteiger partial charge is 0.217 e. The van der Waals surface area contributed by atoms with Crippen molar-refractivity contribution in [3.8, 4) is 0 Å². The number of thiazole rings is 2. The van der Waals surface area contributed by atoms with Gasteiger partial charge >= 0.3 is 0 Å². The molecule has 0 saturated heterocycles. The lowest BCUT2D eigenvalue weighted by Gasteiger charge is -1.72. The molecule has 0 saturated carbocycles. The summed E-state index contributed by atoms with van der Waals surface area (Å²) in [5.74, 6) is 0. The van der Waals surface area contributed by atoms with E-state index in [1.54, 1.807) is 0 Å². The molecule has 0 aliphatic heterocycles. The zero-order valence-electron chi connectivity index (χ0n) is 4.61. The van der Waals surface area contributed by atoms with Crippen LogP contribution < -0.4 is 0 Å². The van der Waals surface area contributed by atoms with Gasteiger partial charge in [0.05, 0.1) is 0 Å². The van der Waals surface area contributed by atoms with E-state index in [0.29, 0.717) is 0 Å². The summed E-state index contributed by atoms with van der Waals surface area (Å²) in [6.45, 7) is 0. The lowest BCUT2D eigenvalue weighted by molar-refractivity contribution is 1.32. The molecule has 0 unspecified atom stereocenters. The maximum Gasteiger partial charge on any atom is 0.156 e. The molecule has 0 N–H and O–H groups in total. The molecule has 0 spiro atoms. The Morgan fingerprint density at radius 1 is 0.900 bits per heavy atom. The minimum Gasteiger partial charge on any atom is -0.217 e. The minimum atomic E-state index is 0.766. The number of nitrogens with zero attached hydrogens (tertiary/aromatic N) is 2. The normalized spacial score (nSPS) is 11.0. The monoisotopic (exact) mass is 206 g/mol. The first-order chi connectivity index (χ1) is 4.75. The Morgan fingerprint density at radius 2 is 1.30 bits per heavy atom. The minimum absolute atomic E-state index is 0.766. The van der Waals surface area contributed by atoms with Gasteiger partial charge in [0.1, 0.15) is 0 Å². The molecular formula is C4H2N2S4. The van der Waals surface area contributed by atoms with Crippen molar-refractivity contribution in [1.82, 2.24) is 9.97 Å². The molecule has 6 heteroatoms. The molecule has 2 nitrogen and oxygen atoms in total. The van der Waals surface area contributed by atoms with Crippen LogP contribution in [0.4, 0.5) is 0 Å². The fourth-order valence-corrected chi connectivity index (χ4v) is 3.00. The lowest BCUT2D eigenvalue weighted by Crippen LogP contribution is -1.54. The first-order valence-electron chi connectivity index (χ1n) is 2.41. The molecule has 2 heterocycles. The van der Waals surface area contributed by atoms with E-state index in [4.69, 9.17) is 0 Å². The van der Waals surface area contributed by atoms with Crippen LogP contribution in [0.1, 0.15) is 0 Å².